The first-order valence-electron chi connectivity index (χ1n) is 4.83. The van der Waals surface area contributed by atoms with Crippen molar-refractivity contribution in [2.24, 2.45) is 5.73 Å². The molecule has 1 aromatic heterocycles. The molecule has 0 aliphatic rings. The van der Waals surface area contributed by atoms with Gasteiger partial charge in [-0.15, -0.1) is 12.4 Å². The summed E-state index contributed by atoms with van der Waals surface area (Å²) in [5.41, 5.74) is 7.78. The summed E-state index contributed by atoms with van der Waals surface area (Å²) in [7, 11) is 0. The zero-order chi connectivity index (χ0) is 10.8. The Hall–Kier alpha value is -1.39. The second-order valence-electron chi connectivity index (χ2n) is 3.61. The monoisotopic (exact) mass is 239 g/mol. The quantitative estimate of drug-likeness (QED) is 0.875. The van der Waals surface area contributed by atoms with Gasteiger partial charge in [-0.05, 0) is 13.8 Å². The molecule has 2 N–H and O–H groups in total. The van der Waals surface area contributed by atoms with Crippen LogP contribution < -0.4 is 5.73 Å². The fraction of sp³-hybridized carbons (Fsp3) is 0.273. The van der Waals surface area contributed by atoms with Gasteiger partial charge in [-0.1, -0.05) is 35.0 Å². The Bertz CT molecular complexity index is 451. The molecule has 86 valence electrons. The molecule has 5 heteroatoms. The van der Waals surface area contributed by atoms with E-state index in [9.17, 15) is 0 Å². The maximum absolute atomic E-state index is 5.63. The maximum atomic E-state index is 5.63. The van der Waals surface area contributed by atoms with Gasteiger partial charge in [0.05, 0.1) is 6.04 Å². The summed E-state index contributed by atoms with van der Waals surface area (Å²) >= 11 is 0. The zero-order valence-electron chi connectivity index (χ0n) is 9.18. The molecule has 0 unspecified atom stereocenters. The Labute approximate surface area is 100 Å². The van der Waals surface area contributed by atoms with E-state index in [0.717, 1.165) is 5.56 Å². The van der Waals surface area contributed by atoms with Crippen LogP contribution in [0, 0.1) is 6.92 Å². The summed E-state index contributed by atoms with van der Waals surface area (Å²) in [5, 5.41) is 3.87. The molecule has 0 fully saturated rings. The van der Waals surface area contributed by atoms with Crippen molar-refractivity contribution < 1.29 is 4.52 Å². The minimum Gasteiger partial charge on any atom is -0.337 e. The fourth-order valence-electron chi connectivity index (χ4n) is 1.24. The van der Waals surface area contributed by atoms with Crippen molar-refractivity contribution in [2.45, 2.75) is 19.9 Å². The Morgan fingerprint density at radius 3 is 2.38 bits per heavy atom. The molecule has 16 heavy (non-hydrogen) atoms. The normalized spacial score (nSPS) is 11.9. The number of halogens is 1. The van der Waals surface area contributed by atoms with E-state index in [2.05, 4.69) is 10.1 Å². The van der Waals surface area contributed by atoms with E-state index in [1.54, 1.807) is 0 Å². The first-order valence-corrected chi connectivity index (χ1v) is 4.83. The number of hydrogen-bond acceptors (Lipinski definition) is 4. The van der Waals surface area contributed by atoms with Crippen molar-refractivity contribution in [1.29, 1.82) is 0 Å². The van der Waals surface area contributed by atoms with Gasteiger partial charge in [0.2, 0.25) is 11.7 Å². The topological polar surface area (TPSA) is 64.9 Å². The SMILES string of the molecule is Cc1ccc(-c2noc([C@@H](C)N)n2)cc1.Cl. The van der Waals surface area contributed by atoms with Crippen LogP contribution in [0.25, 0.3) is 11.4 Å². The van der Waals surface area contributed by atoms with Crippen LogP contribution in [0.3, 0.4) is 0 Å². The Kier molecular flexibility index (Phi) is 4.04. The molecule has 0 aliphatic heterocycles. The molecule has 2 aromatic rings. The summed E-state index contributed by atoms with van der Waals surface area (Å²) in [5.74, 6) is 1.05. The summed E-state index contributed by atoms with van der Waals surface area (Å²) < 4.78 is 5.02. The highest BCUT2D eigenvalue weighted by Gasteiger charge is 2.10. The van der Waals surface area contributed by atoms with Gasteiger partial charge in [0.25, 0.3) is 0 Å². The molecule has 0 bridgehead atoms. The molecule has 4 nitrogen and oxygen atoms in total. The lowest BCUT2D eigenvalue weighted by Gasteiger charge is -1.95. The van der Waals surface area contributed by atoms with Crippen LogP contribution in [0.4, 0.5) is 0 Å². The lowest BCUT2D eigenvalue weighted by Crippen LogP contribution is -2.04. The van der Waals surface area contributed by atoms with E-state index in [4.69, 9.17) is 10.3 Å². The van der Waals surface area contributed by atoms with Gasteiger partial charge in [0.1, 0.15) is 0 Å². The van der Waals surface area contributed by atoms with Crippen LogP contribution in [0.5, 0.6) is 0 Å². The van der Waals surface area contributed by atoms with E-state index in [0.29, 0.717) is 11.7 Å². The van der Waals surface area contributed by atoms with Gasteiger partial charge >= 0.3 is 0 Å². The fourth-order valence-corrected chi connectivity index (χ4v) is 1.24. The molecule has 0 spiro atoms. The highest BCUT2D eigenvalue weighted by Crippen LogP contribution is 2.17. The van der Waals surface area contributed by atoms with E-state index < -0.39 is 0 Å². The van der Waals surface area contributed by atoms with Crippen LogP contribution >= 0.6 is 12.4 Å². The van der Waals surface area contributed by atoms with Crippen molar-refractivity contribution in [3.05, 3.63) is 35.7 Å². The number of aromatic nitrogens is 2. The average molecular weight is 240 g/mol. The van der Waals surface area contributed by atoms with Crippen LogP contribution in [0.15, 0.2) is 28.8 Å². The predicted molar refractivity (Wildman–Crippen MR) is 64.3 cm³/mol. The standard InChI is InChI=1S/C11H13N3O.ClH/c1-7-3-5-9(6-4-7)10-13-11(8(2)12)15-14-10;/h3-6,8H,12H2,1-2H3;1H/t8-;/m1./s1. The predicted octanol–water partition coefficient (Wildman–Crippen LogP) is 2.49. The minimum absolute atomic E-state index is 0. The van der Waals surface area contributed by atoms with E-state index in [1.807, 2.05) is 38.1 Å². The summed E-state index contributed by atoms with van der Waals surface area (Å²) in [6.07, 6.45) is 0. The number of benzene rings is 1. The third kappa shape index (κ3) is 2.59. The number of rotatable bonds is 2. The second-order valence-corrected chi connectivity index (χ2v) is 3.61. The van der Waals surface area contributed by atoms with Crippen molar-refractivity contribution in [3.8, 4) is 11.4 Å². The van der Waals surface area contributed by atoms with Crippen molar-refractivity contribution in [3.63, 3.8) is 0 Å². The molecule has 0 radical (unpaired) electrons. The molecular weight excluding hydrogens is 226 g/mol. The number of hydrogen-bond donors (Lipinski definition) is 1. The van der Waals surface area contributed by atoms with Crippen LogP contribution in [-0.4, -0.2) is 10.1 Å². The first-order chi connectivity index (χ1) is 7.16. The molecule has 0 amide bonds. The summed E-state index contributed by atoms with van der Waals surface area (Å²) in [6, 6.07) is 7.72. The summed E-state index contributed by atoms with van der Waals surface area (Å²) in [4.78, 5) is 4.21. The number of aryl methyl sites for hydroxylation is 1. The van der Waals surface area contributed by atoms with Gasteiger partial charge in [-0.2, -0.15) is 4.98 Å². The number of nitrogens with two attached hydrogens (primary N) is 1. The van der Waals surface area contributed by atoms with Crippen molar-refractivity contribution in [1.82, 2.24) is 10.1 Å². The Morgan fingerprint density at radius 1 is 1.25 bits per heavy atom. The van der Waals surface area contributed by atoms with Crippen LogP contribution in [-0.2, 0) is 0 Å². The highest BCUT2D eigenvalue weighted by atomic mass is 35.5. The van der Waals surface area contributed by atoms with Gasteiger partial charge in [0, 0.05) is 5.56 Å². The second kappa shape index (κ2) is 5.09. The lowest BCUT2D eigenvalue weighted by molar-refractivity contribution is 0.362. The Balaban J connectivity index is 0.00000128. The molecule has 0 aliphatic carbocycles. The van der Waals surface area contributed by atoms with E-state index in [-0.39, 0.29) is 18.4 Å². The molecular formula is C11H14ClN3O. The zero-order valence-corrected chi connectivity index (χ0v) is 9.99. The van der Waals surface area contributed by atoms with Gasteiger partial charge in [0.15, 0.2) is 0 Å². The average Bonchev–Trinajstić information content (AvgIpc) is 2.68. The minimum atomic E-state index is -0.225. The first kappa shape index (κ1) is 12.7. The highest BCUT2D eigenvalue weighted by molar-refractivity contribution is 5.85. The van der Waals surface area contributed by atoms with Crippen molar-refractivity contribution in [2.75, 3.05) is 0 Å². The molecule has 0 saturated heterocycles. The van der Waals surface area contributed by atoms with Gasteiger partial charge < -0.3 is 10.3 Å². The summed E-state index contributed by atoms with van der Waals surface area (Å²) in [6.45, 7) is 3.85. The molecule has 1 heterocycles. The largest absolute Gasteiger partial charge is 0.337 e. The lowest BCUT2D eigenvalue weighted by atomic mass is 10.1. The van der Waals surface area contributed by atoms with E-state index >= 15 is 0 Å². The van der Waals surface area contributed by atoms with Crippen molar-refractivity contribution >= 4 is 12.4 Å². The smallest absolute Gasteiger partial charge is 0.243 e. The number of nitrogens with zero attached hydrogens (tertiary/aromatic N) is 2. The van der Waals surface area contributed by atoms with Crippen LogP contribution in [0.1, 0.15) is 24.4 Å². The molecule has 2 rings (SSSR count). The van der Waals surface area contributed by atoms with Gasteiger partial charge in [-0.25, -0.2) is 0 Å². The Morgan fingerprint density at radius 2 is 1.88 bits per heavy atom. The third-order valence-corrected chi connectivity index (χ3v) is 2.14. The van der Waals surface area contributed by atoms with Gasteiger partial charge in [-0.3, -0.25) is 0 Å². The molecule has 0 saturated carbocycles. The van der Waals surface area contributed by atoms with E-state index in [1.165, 1.54) is 5.56 Å². The maximum Gasteiger partial charge on any atom is 0.243 e. The van der Waals surface area contributed by atoms with Crippen LogP contribution in [0.2, 0.25) is 0 Å². The third-order valence-electron chi connectivity index (χ3n) is 2.14. The molecule has 1 aromatic carbocycles. The molecule has 1 atom stereocenters.